The topological polar surface area (TPSA) is 38.0 Å². The highest BCUT2D eigenvalue weighted by Gasteiger charge is 2.03. The molecule has 3 heteroatoms. The summed E-state index contributed by atoms with van der Waals surface area (Å²) in [5.41, 5.74) is 2.90. The van der Waals surface area contributed by atoms with Gasteiger partial charge in [0.2, 0.25) is 0 Å². The van der Waals surface area contributed by atoms with Crippen LogP contribution in [0.5, 0.6) is 5.75 Å². The summed E-state index contributed by atoms with van der Waals surface area (Å²) in [5.74, 6) is 0.260. The van der Waals surface area contributed by atoms with Gasteiger partial charge in [-0.2, -0.15) is 0 Å². The predicted octanol–water partition coefficient (Wildman–Crippen LogP) is 2.73. The molecule has 0 unspecified atom stereocenters. The molecule has 0 radical (unpaired) electrons. The molecule has 0 saturated carbocycles. The molecule has 0 saturated heterocycles. The van der Waals surface area contributed by atoms with Crippen LogP contribution in [0.3, 0.4) is 0 Å². The molecule has 2 aromatic carbocycles. The molecule has 0 bridgehead atoms. The Balaban J connectivity index is 2.26. The lowest BCUT2D eigenvalue weighted by molar-refractivity contribution is 0.475. The van der Waals surface area contributed by atoms with Crippen LogP contribution in [-0.2, 0) is 0 Å². The van der Waals surface area contributed by atoms with Gasteiger partial charge in [-0.3, -0.25) is 4.57 Å². The summed E-state index contributed by atoms with van der Waals surface area (Å²) in [7, 11) is 0. The summed E-state index contributed by atoms with van der Waals surface area (Å²) in [5, 5.41) is 9.45. The van der Waals surface area contributed by atoms with Crippen molar-refractivity contribution in [2.45, 2.75) is 0 Å². The van der Waals surface area contributed by atoms with Crippen molar-refractivity contribution in [1.29, 1.82) is 0 Å². The number of imidazole rings is 1. The molecular formula is C13H10N2O. The molecule has 0 atom stereocenters. The number of hydrogen-bond acceptors (Lipinski definition) is 2. The minimum absolute atomic E-state index is 0.260. The van der Waals surface area contributed by atoms with Crippen LogP contribution in [-0.4, -0.2) is 14.7 Å². The average Bonchev–Trinajstić information content (AvgIpc) is 2.72. The van der Waals surface area contributed by atoms with Gasteiger partial charge in [0.1, 0.15) is 12.1 Å². The summed E-state index contributed by atoms with van der Waals surface area (Å²) >= 11 is 0. The molecule has 16 heavy (non-hydrogen) atoms. The quantitative estimate of drug-likeness (QED) is 0.670. The maximum absolute atomic E-state index is 9.45. The maximum Gasteiger partial charge on any atom is 0.117 e. The Kier molecular flexibility index (Phi) is 1.90. The summed E-state index contributed by atoms with van der Waals surface area (Å²) < 4.78 is 1.95. The number of rotatable bonds is 1. The predicted molar refractivity (Wildman–Crippen MR) is 62.7 cm³/mol. The molecule has 0 aliphatic rings. The largest absolute Gasteiger partial charge is 0.508 e. The standard InChI is InChI=1S/C13H10N2O/c16-11-5-3-4-10(8-11)15-9-14-12-6-1-2-7-13(12)15/h1-9,16H. The fraction of sp³-hybridized carbons (Fsp3) is 0. The van der Waals surface area contributed by atoms with E-state index in [0.29, 0.717) is 0 Å². The number of phenols is 1. The van der Waals surface area contributed by atoms with Crippen LogP contribution >= 0.6 is 0 Å². The molecule has 78 valence electrons. The number of benzene rings is 2. The van der Waals surface area contributed by atoms with E-state index < -0.39 is 0 Å². The number of aromatic hydroxyl groups is 1. The highest BCUT2D eigenvalue weighted by atomic mass is 16.3. The van der Waals surface area contributed by atoms with Gasteiger partial charge < -0.3 is 5.11 Å². The van der Waals surface area contributed by atoms with E-state index in [1.54, 1.807) is 18.5 Å². The molecule has 1 N–H and O–H groups in total. The number of fused-ring (bicyclic) bond motifs is 1. The Morgan fingerprint density at radius 1 is 1.00 bits per heavy atom. The lowest BCUT2D eigenvalue weighted by atomic mass is 10.2. The Morgan fingerprint density at radius 2 is 1.88 bits per heavy atom. The fourth-order valence-corrected chi connectivity index (χ4v) is 1.81. The summed E-state index contributed by atoms with van der Waals surface area (Å²) in [4.78, 5) is 4.31. The van der Waals surface area contributed by atoms with Crippen LogP contribution in [0.2, 0.25) is 0 Å². The molecule has 0 fully saturated rings. The van der Waals surface area contributed by atoms with Gasteiger partial charge in [0.25, 0.3) is 0 Å². The van der Waals surface area contributed by atoms with Crippen LogP contribution in [0.4, 0.5) is 0 Å². The molecule has 3 rings (SSSR count). The summed E-state index contributed by atoms with van der Waals surface area (Å²) in [6, 6.07) is 15.0. The van der Waals surface area contributed by atoms with Gasteiger partial charge in [0, 0.05) is 6.07 Å². The van der Waals surface area contributed by atoms with E-state index in [2.05, 4.69) is 4.98 Å². The first-order valence-electron chi connectivity index (χ1n) is 5.06. The molecule has 3 aromatic rings. The van der Waals surface area contributed by atoms with Gasteiger partial charge in [-0.1, -0.05) is 18.2 Å². The van der Waals surface area contributed by atoms with E-state index >= 15 is 0 Å². The Bertz CT molecular complexity index is 643. The highest BCUT2D eigenvalue weighted by Crippen LogP contribution is 2.20. The lowest BCUT2D eigenvalue weighted by Gasteiger charge is -2.04. The zero-order valence-corrected chi connectivity index (χ0v) is 8.54. The number of nitrogens with zero attached hydrogens (tertiary/aromatic N) is 2. The van der Waals surface area contributed by atoms with Gasteiger partial charge in [0.15, 0.2) is 0 Å². The van der Waals surface area contributed by atoms with Gasteiger partial charge in [0.05, 0.1) is 16.7 Å². The monoisotopic (exact) mass is 210 g/mol. The van der Waals surface area contributed by atoms with Crippen LogP contribution in [0.15, 0.2) is 54.9 Å². The van der Waals surface area contributed by atoms with Crippen molar-refractivity contribution in [3.63, 3.8) is 0 Å². The lowest BCUT2D eigenvalue weighted by Crippen LogP contribution is -1.90. The van der Waals surface area contributed by atoms with E-state index in [4.69, 9.17) is 0 Å². The third kappa shape index (κ3) is 1.34. The molecule has 0 amide bonds. The molecule has 1 heterocycles. The van der Waals surface area contributed by atoms with Crippen LogP contribution < -0.4 is 0 Å². The second-order valence-electron chi connectivity index (χ2n) is 3.62. The van der Waals surface area contributed by atoms with Gasteiger partial charge >= 0.3 is 0 Å². The molecule has 0 aliphatic carbocycles. The number of para-hydroxylation sites is 2. The minimum atomic E-state index is 0.260. The van der Waals surface area contributed by atoms with Crippen LogP contribution in [0, 0.1) is 0 Å². The molecule has 0 spiro atoms. The van der Waals surface area contributed by atoms with Crippen molar-refractivity contribution < 1.29 is 5.11 Å². The number of hydrogen-bond donors (Lipinski definition) is 1. The zero-order valence-electron chi connectivity index (χ0n) is 8.54. The van der Waals surface area contributed by atoms with Crippen LogP contribution in [0.1, 0.15) is 0 Å². The van der Waals surface area contributed by atoms with E-state index in [1.807, 2.05) is 41.0 Å². The fourth-order valence-electron chi connectivity index (χ4n) is 1.81. The normalized spacial score (nSPS) is 10.8. The Morgan fingerprint density at radius 3 is 2.75 bits per heavy atom. The Labute approximate surface area is 92.6 Å². The van der Waals surface area contributed by atoms with Gasteiger partial charge in [-0.25, -0.2) is 4.98 Å². The summed E-state index contributed by atoms with van der Waals surface area (Å²) in [6.07, 6.45) is 1.76. The van der Waals surface area contributed by atoms with Crippen molar-refractivity contribution in [2.75, 3.05) is 0 Å². The zero-order chi connectivity index (χ0) is 11.0. The number of phenolic OH excluding ortho intramolecular Hbond substituents is 1. The van der Waals surface area contributed by atoms with Crippen molar-refractivity contribution in [2.24, 2.45) is 0 Å². The first-order valence-corrected chi connectivity index (χ1v) is 5.06. The smallest absolute Gasteiger partial charge is 0.117 e. The third-order valence-electron chi connectivity index (χ3n) is 2.56. The van der Waals surface area contributed by atoms with E-state index in [-0.39, 0.29) is 5.75 Å². The van der Waals surface area contributed by atoms with E-state index in [1.165, 1.54) is 0 Å². The molecular weight excluding hydrogens is 200 g/mol. The van der Waals surface area contributed by atoms with Crippen molar-refractivity contribution in [3.05, 3.63) is 54.9 Å². The van der Waals surface area contributed by atoms with Gasteiger partial charge in [-0.05, 0) is 24.3 Å². The van der Waals surface area contributed by atoms with Crippen LogP contribution in [0.25, 0.3) is 16.7 Å². The average molecular weight is 210 g/mol. The van der Waals surface area contributed by atoms with Crippen molar-refractivity contribution >= 4 is 11.0 Å². The van der Waals surface area contributed by atoms with E-state index in [9.17, 15) is 5.11 Å². The minimum Gasteiger partial charge on any atom is -0.508 e. The molecule has 1 aromatic heterocycles. The SMILES string of the molecule is Oc1cccc(-n2cnc3ccccc32)c1. The van der Waals surface area contributed by atoms with Crippen molar-refractivity contribution in [3.8, 4) is 11.4 Å². The van der Waals surface area contributed by atoms with Crippen molar-refractivity contribution in [1.82, 2.24) is 9.55 Å². The van der Waals surface area contributed by atoms with Gasteiger partial charge in [-0.15, -0.1) is 0 Å². The molecule has 3 nitrogen and oxygen atoms in total. The number of aromatic nitrogens is 2. The maximum atomic E-state index is 9.45. The first kappa shape index (κ1) is 8.97. The Hall–Kier alpha value is -2.29. The third-order valence-corrected chi connectivity index (χ3v) is 2.56. The summed E-state index contributed by atoms with van der Waals surface area (Å²) in [6.45, 7) is 0. The molecule has 0 aliphatic heterocycles. The van der Waals surface area contributed by atoms with E-state index in [0.717, 1.165) is 16.7 Å². The second kappa shape index (κ2) is 3.38. The highest BCUT2D eigenvalue weighted by molar-refractivity contribution is 5.77. The second-order valence-corrected chi connectivity index (χ2v) is 3.62. The first-order chi connectivity index (χ1) is 7.84.